The number of nitrogens with zero attached hydrogens (tertiary/aromatic N) is 1. The smallest absolute Gasteiger partial charge is 0.0610 e. The second kappa shape index (κ2) is 3.35. The maximum atomic E-state index is 4.50. The summed E-state index contributed by atoms with van der Waals surface area (Å²) in [5.74, 6) is 0. The van der Waals surface area contributed by atoms with Gasteiger partial charge in [-0.05, 0) is 36.9 Å². The maximum Gasteiger partial charge on any atom is 0.0610 e. The molecule has 0 bridgehead atoms. The normalized spacial score (nSPS) is 24.4. The predicted molar refractivity (Wildman–Crippen MR) is 58.1 cm³/mol. The Labute approximate surface area is 85.7 Å². The van der Waals surface area contributed by atoms with Gasteiger partial charge in [0.25, 0.3) is 0 Å². The van der Waals surface area contributed by atoms with Crippen molar-refractivity contribution in [2.24, 2.45) is 5.41 Å². The zero-order valence-electron chi connectivity index (χ0n) is 9.17. The van der Waals surface area contributed by atoms with Crippen LogP contribution in [0.4, 0.5) is 0 Å². The Morgan fingerprint density at radius 1 is 1.50 bits per heavy atom. The van der Waals surface area contributed by atoms with Gasteiger partial charge in [-0.1, -0.05) is 19.9 Å². The highest BCUT2D eigenvalue weighted by Crippen LogP contribution is 2.41. The summed E-state index contributed by atoms with van der Waals surface area (Å²) in [6.07, 6.45) is 4.29. The van der Waals surface area contributed by atoms with Crippen LogP contribution >= 0.6 is 0 Å². The van der Waals surface area contributed by atoms with Crippen LogP contribution in [-0.2, 0) is 6.42 Å². The van der Waals surface area contributed by atoms with Crippen molar-refractivity contribution in [2.75, 3.05) is 7.05 Å². The van der Waals surface area contributed by atoms with Crippen LogP contribution in [0.3, 0.4) is 0 Å². The molecule has 1 unspecified atom stereocenters. The molecule has 0 saturated carbocycles. The lowest BCUT2D eigenvalue weighted by atomic mass is 9.72. The van der Waals surface area contributed by atoms with Gasteiger partial charge in [0.15, 0.2) is 0 Å². The number of pyridine rings is 1. The Kier molecular flexibility index (Phi) is 2.31. The lowest BCUT2D eigenvalue weighted by Crippen LogP contribution is -2.37. The average molecular weight is 190 g/mol. The van der Waals surface area contributed by atoms with E-state index in [1.807, 2.05) is 19.3 Å². The molecule has 0 amide bonds. The fraction of sp³-hybridized carbons (Fsp3) is 0.583. The van der Waals surface area contributed by atoms with Gasteiger partial charge in [0.05, 0.1) is 11.7 Å². The molecule has 1 N–H and O–H groups in total. The molecule has 1 heterocycles. The van der Waals surface area contributed by atoms with Gasteiger partial charge in [-0.2, -0.15) is 0 Å². The van der Waals surface area contributed by atoms with Gasteiger partial charge in [0.1, 0.15) is 0 Å². The van der Waals surface area contributed by atoms with E-state index in [1.165, 1.54) is 17.7 Å². The van der Waals surface area contributed by atoms with Gasteiger partial charge in [-0.3, -0.25) is 4.98 Å². The molecule has 2 nitrogen and oxygen atoms in total. The monoisotopic (exact) mass is 190 g/mol. The van der Waals surface area contributed by atoms with E-state index < -0.39 is 0 Å². The van der Waals surface area contributed by atoms with E-state index in [-0.39, 0.29) is 0 Å². The van der Waals surface area contributed by atoms with Gasteiger partial charge in [-0.25, -0.2) is 0 Å². The molecule has 1 aliphatic carbocycles. The summed E-state index contributed by atoms with van der Waals surface area (Å²) >= 11 is 0. The molecule has 0 aliphatic heterocycles. The molecule has 2 heteroatoms. The van der Waals surface area contributed by atoms with Crippen LogP contribution in [0.1, 0.15) is 37.6 Å². The first-order valence-corrected chi connectivity index (χ1v) is 5.26. The molecule has 0 aromatic carbocycles. The third-order valence-corrected chi connectivity index (χ3v) is 3.31. The number of rotatable bonds is 1. The molecule has 0 spiro atoms. The SMILES string of the molecule is CNC1c2ncccc2CCC1(C)C. The minimum atomic E-state index is 0.316. The summed E-state index contributed by atoms with van der Waals surface area (Å²) in [7, 11) is 2.02. The van der Waals surface area contributed by atoms with Crippen molar-refractivity contribution < 1.29 is 0 Å². The summed E-state index contributed by atoms with van der Waals surface area (Å²) in [5, 5.41) is 3.39. The molecular formula is C12H18N2. The van der Waals surface area contributed by atoms with Crippen molar-refractivity contribution in [3.63, 3.8) is 0 Å². The molecular weight excluding hydrogens is 172 g/mol. The Balaban J connectivity index is 2.45. The van der Waals surface area contributed by atoms with Crippen LogP contribution in [0.15, 0.2) is 18.3 Å². The van der Waals surface area contributed by atoms with E-state index in [4.69, 9.17) is 0 Å². The van der Waals surface area contributed by atoms with Crippen molar-refractivity contribution in [2.45, 2.75) is 32.7 Å². The highest BCUT2D eigenvalue weighted by Gasteiger charge is 2.35. The first-order chi connectivity index (χ1) is 6.65. The highest BCUT2D eigenvalue weighted by atomic mass is 14.9. The number of aromatic nitrogens is 1. The van der Waals surface area contributed by atoms with Gasteiger partial charge in [0.2, 0.25) is 0 Å². The van der Waals surface area contributed by atoms with Crippen molar-refractivity contribution in [1.29, 1.82) is 0 Å². The van der Waals surface area contributed by atoms with Crippen molar-refractivity contribution in [3.05, 3.63) is 29.6 Å². The van der Waals surface area contributed by atoms with Crippen LogP contribution < -0.4 is 5.32 Å². The predicted octanol–water partition coefficient (Wildman–Crippen LogP) is 2.31. The van der Waals surface area contributed by atoms with E-state index in [1.54, 1.807) is 0 Å². The number of aryl methyl sites for hydroxylation is 1. The summed E-state index contributed by atoms with van der Waals surface area (Å²) < 4.78 is 0. The third-order valence-electron chi connectivity index (χ3n) is 3.31. The molecule has 1 aliphatic rings. The Morgan fingerprint density at radius 3 is 3.00 bits per heavy atom. The quantitative estimate of drug-likeness (QED) is 0.735. The van der Waals surface area contributed by atoms with Crippen molar-refractivity contribution in [1.82, 2.24) is 10.3 Å². The van der Waals surface area contributed by atoms with Crippen LogP contribution in [0.25, 0.3) is 0 Å². The number of nitrogens with one attached hydrogen (secondary N) is 1. The molecule has 2 rings (SSSR count). The standard InChI is InChI=1S/C12H18N2/c1-12(2)7-6-9-5-4-8-14-10(9)11(12)13-3/h4-5,8,11,13H,6-7H2,1-3H3. The van der Waals surface area contributed by atoms with E-state index in [2.05, 4.69) is 30.2 Å². The first kappa shape index (κ1) is 9.66. The number of fused-ring (bicyclic) bond motifs is 1. The van der Waals surface area contributed by atoms with E-state index in [9.17, 15) is 0 Å². The third kappa shape index (κ3) is 1.44. The van der Waals surface area contributed by atoms with E-state index >= 15 is 0 Å². The zero-order valence-corrected chi connectivity index (χ0v) is 9.17. The molecule has 1 aromatic rings. The molecule has 0 saturated heterocycles. The van der Waals surface area contributed by atoms with Crippen LogP contribution in [0, 0.1) is 5.41 Å². The van der Waals surface area contributed by atoms with Crippen LogP contribution in [0.5, 0.6) is 0 Å². The first-order valence-electron chi connectivity index (χ1n) is 5.26. The largest absolute Gasteiger partial charge is 0.311 e. The molecule has 1 atom stereocenters. The highest BCUT2D eigenvalue weighted by molar-refractivity contribution is 5.27. The lowest BCUT2D eigenvalue weighted by Gasteiger charge is -2.38. The summed E-state index contributed by atoms with van der Waals surface area (Å²) in [6, 6.07) is 4.62. The molecule has 14 heavy (non-hydrogen) atoms. The van der Waals surface area contributed by atoms with Crippen LogP contribution in [-0.4, -0.2) is 12.0 Å². The second-order valence-electron chi connectivity index (χ2n) is 4.76. The van der Waals surface area contributed by atoms with Crippen LogP contribution in [0.2, 0.25) is 0 Å². The van der Waals surface area contributed by atoms with E-state index in [0.29, 0.717) is 11.5 Å². The fourth-order valence-corrected chi connectivity index (χ4v) is 2.42. The molecule has 76 valence electrons. The fourth-order valence-electron chi connectivity index (χ4n) is 2.42. The average Bonchev–Trinajstić information content (AvgIpc) is 2.17. The summed E-state index contributed by atoms with van der Waals surface area (Å²) in [4.78, 5) is 4.50. The van der Waals surface area contributed by atoms with Gasteiger partial charge in [-0.15, -0.1) is 0 Å². The molecule has 0 radical (unpaired) electrons. The van der Waals surface area contributed by atoms with Gasteiger partial charge in [0, 0.05) is 6.20 Å². The Hall–Kier alpha value is -0.890. The van der Waals surface area contributed by atoms with Crippen molar-refractivity contribution in [3.8, 4) is 0 Å². The lowest BCUT2D eigenvalue weighted by molar-refractivity contribution is 0.214. The topological polar surface area (TPSA) is 24.9 Å². The van der Waals surface area contributed by atoms with Crippen molar-refractivity contribution >= 4 is 0 Å². The minimum Gasteiger partial charge on any atom is -0.311 e. The minimum absolute atomic E-state index is 0.316. The maximum absolute atomic E-state index is 4.50. The Bertz CT molecular complexity index is 331. The number of hydrogen-bond acceptors (Lipinski definition) is 2. The molecule has 0 fully saturated rings. The van der Waals surface area contributed by atoms with Gasteiger partial charge >= 0.3 is 0 Å². The zero-order chi connectivity index (χ0) is 10.2. The Morgan fingerprint density at radius 2 is 2.29 bits per heavy atom. The molecule has 1 aromatic heterocycles. The summed E-state index contributed by atoms with van der Waals surface area (Å²) in [6.45, 7) is 4.62. The summed E-state index contributed by atoms with van der Waals surface area (Å²) in [5.41, 5.74) is 2.97. The second-order valence-corrected chi connectivity index (χ2v) is 4.76. The number of hydrogen-bond donors (Lipinski definition) is 1. The van der Waals surface area contributed by atoms with E-state index in [0.717, 1.165) is 6.42 Å². The van der Waals surface area contributed by atoms with Gasteiger partial charge < -0.3 is 5.32 Å².